The third-order valence-corrected chi connectivity index (χ3v) is 6.38. The maximum atomic E-state index is 5.54. The zero-order valence-corrected chi connectivity index (χ0v) is 21.5. The summed E-state index contributed by atoms with van der Waals surface area (Å²) in [5.74, 6) is 0.824. The molecule has 0 amide bonds. The lowest BCUT2D eigenvalue weighted by Crippen LogP contribution is -2.46. The number of morpholine rings is 1. The monoisotopic (exact) mass is 566 g/mol. The lowest BCUT2D eigenvalue weighted by atomic mass is 10.2. The molecule has 0 spiro atoms. The van der Waals surface area contributed by atoms with Crippen molar-refractivity contribution >= 4 is 41.3 Å². The number of rotatable bonds is 8. The van der Waals surface area contributed by atoms with Crippen molar-refractivity contribution in [3.63, 3.8) is 0 Å². The fourth-order valence-electron chi connectivity index (χ4n) is 3.73. The lowest BCUT2D eigenvalue weighted by Gasteiger charge is -2.34. The third kappa shape index (κ3) is 6.77. The van der Waals surface area contributed by atoms with Crippen molar-refractivity contribution in [2.24, 2.45) is 4.99 Å². The minimum atomic E-state index is 0. The lowest BCUT2D eigenvalue weighted by molar-refractivity contribution is 0.0177. The molecule has 2 aromatic heterocycles. The van der Waals surface area contributed by atoms with Crippen LogP contribution in [0.3, 0.4) is 0 Å². The van der Waals surface area contributed by atoms with Gasteiger partial charge in [0.15, 0.2) is 5.96 Å². The van der Waals surface area contributed by atoms with Crippen LogP contribution in [0.2, 0.25) is 0 Å². The second-order valence-electron chi connectivity index (χ2n) is 7.44. The molecule has 1 aliphatic heterocycles. The zero-order valence-electron chi connectivity index (χ0n) is 18.3. The highest BCUT2D eigenvalue weighted by atomic mass is 127. The molecule has 172 valence electrons. The van der Waals surface area contributed by atoms with E-state index in [0.717, 1.165) is 57.5 Å². The van der Waals surface area contributed by atoms with Gasteiger partial charge in [0, 0.05) is 44.3 Å². The fraction of sp³-hybridized carbons (Fsp3) is 0.391. The summed E-state index contributed by atoms with van der Waals surface area (Å²) in [6, 6.07) is 14.8. The summed E-state index contributed by atoms with van der Waals surface area (Å²) in [7, 11) is 1.82. The summed E-state index contributed by atoms with van der Waals surface area (Å²) >= 11 is 1.81. The number of hydrogen-bond acceptors (Lipinski definition) is 5. The zero-order chi connectivity index (χ0) is 21.3. The van der Waals surface area contributed by atoms with Crippen LogP contribution >= 0.6 is 35.3 Å². The van der Waals surface area contributed by atoms with Gasteiger partial charge in [-0.15, -0.1) is 35.3 Å². The maximum Gasteiger partial charge on any atom is 0.191 e. The Hall–Kier alpha value is -1.95. The van der Waals surface area contributed by atoms with E-state index in [4.69, 9.17) is 4.74 Å². The summed E-state index contributed by atoms with van der Waals surface area (Å²) in [4.78, 5) is 8.27. The Balaban J connectivity index is 0.00000289. The number of para-hydroxylation sites is 1. The number of nitrogens with one attached hydrogen (secondary N) is 2. The number of thiophene rings is 1. The molecule has 0 aliphatic carbocycles. The van der Waals surface area contributed by atoms with E-state index < -0.39 is 0 Å². The molecule has 32 heavy (non-hydrogen) atoms. The summed E-state index contributed by atoms with van der Waals surface area (Å²) in [5.41, 5.74) is 2.26. The van der Waals surface area contributed by atoms with E-state index in [9.17, 15) is 0 Å². The van der Waals surface area contributed by atoms with Crippen LogP contribution in [0.1, 0.15) is 16.5 Å². The maximum absolute atomic E-state index is 5.54. The van der Waals surface area contributed by atoms with E-state index in [1.54, 1.807) is 0 Å². The van der Waals surface area contributed by atoms with Gasteiger partial charge in [-0.3, -0.25) is 9.89 Å². The second-order valence-corrected chi connectivity index (χ2v) is 8.42. The summed E-state index contributed by atoms with van der Waals surface area (Å²) in [6.45, 7) is 5.12. The summed E-state index contributed by atoms with van der Waals surface area (Å²) in [6.07, 6.45) is 4.89. The molecule has 1 aliphatic rings. The van der Waals surface area contributed by atoms with Gasteiger partial charge >= 0.3 is 0 Å². The summed E-state index contributed by atoms with van der Waals surface area (Å²) < 4.78 is 7.45. The molecule has 1 saturated heterocycles. The van der Waals surface area contributed by atoms with E-state index in [2.05, 4.69) is 61.5 Å². The molecule has 3 heterocycles. The quantitative estimate of drug-likeness (QED) is 0.249. The molecular weight excluding hydrogens is 535 g/mol. The largest absolute Gasteiger partial charge is 0.379 e. The number of benzene rings is 1. The van der Waals surface area contributed by atoms with E-state index in [0.29, 0.717) is 6.04 Å². The van der Waals surface area contributed by atoms with Crippen LogP contribution in [-0.2, 0) is 11.2 Å². The predicted octanol–water partition coefficient (Wildman–Crippen LogP) is 3.33. The van der Waals surface area contributed by atoms with E-state index in [1.165, 1.54) is 10.4 Å². The van der Waals surface area contributed by atoms with Crippen molar-refractivity contribution in [1.82, 2.24) is 25.3 Å². The first-order chi connectivity index (χ1) is 15.3. The number of aromatic nitrogens is 2. The number of aliphatic imine (C=N–C) groups is 1. The molecule has 0 radical (unpaired) electrons. The minimum Gasteiger partial charge on any atom is -0.379 e. The fourth-order valence-corrected chi connectivity index (χ4v) is 4.59. The molecule has 1 fully saturated rings. The van der Waals surface area contributed by atoms with Gasteiger partial charge in [0.1, 0.15) is 0 Å². The SMILES string of the molecule is CN=C(NCCc1cnn(-c2ccccc2)c1)NCC(c1cccs1)N1CCOCC1.I. The number of halogens is 1. The van der Waals surface area contributed by atoms with Gasteiger partial charge in [0.2, 0.25) is 0 Å². The van der Waals surface area contributed by atoms with Crippen molar-refractivity contribution in [2.75, 3.05) is 46.4 Å². The van der Waals surface area contributed by atoms with E-state index >= 15 is 0 Å². The van der Waals surface area contributed by atoms with Crippen molar-refractivity contribution in [2.45, 2.75) is 12.5 Å². The van der Waals surface area contributed by atoms with Crippen molar-refractivity contribution in [1.29, 1.82) is 0 Å². The molecule has 2 N–H and O–H groups in total. The number of guanidine groups is 1. The molecule has 1 aromatic carbocycles. The molecule has 3 aromatic rings. The summed E-state index contributed by atoms with van der Waals surface area (Å²) in [5, 5.41) is 13.6. The van der Waals surface area contributed by atoms with Crippen LogP contribution in [0.4, 0.5) is 0 Å². The standard InChI is InChI=1S/C23H30N6OS.HI/c1-24-23(25-10-9-19-16-27-29(18-19)20-6-3-2-4-7-20)26-17-21(22-8-5-15-31-22)28-11-13-30-14-12-28;/h2-8,15-16,18,21H,9-14,17H2,1H3,(H2,24,25,26);1H. The smallest absolute Gasteiger partial charge is 0.191 e. The minimum absolute atomic E-state index is 0. The Bertz CT molecular complexity index is 941. The van der Waals surface area contributed by atoms with E-state index in [-0.39, 0.29) is 24.0 Å². The Morgan fingerprint density at radius 2 is 1.97 bits per heavy atom. The average molecular weight is 567 g/mol. The molecule has 1 unspecified atom stereocenters. The number of nitrogens with zero attached hydrogens (tertiary/aromatic N) is 4. The normalized spacial score (nSPS) is 15.7. The van der Waals surface area contributed by atoms with Gasteiger partial charge in [0.05, 0.1) is 31.1 Å². The predicted molar refractivity (Wildman–Crippen MR) is 141 cm³/mol. The number of hydrogen-bond donors (Lipinski definition) is 2. The van der Waals surface area contributed by atoms with Gasteiger partial charge < -0.3 is 15.4 Å². The van der Waals surface area contributed by atoms with Gasteiger partial charge in [-0.2, -0.15) is 5.10 Å². The number of ether oxygens (including phenoxy) is 1. The Morgan fingerprint density at radius 3 is 2.69 bits per heavy atom. The average Bonchev–Trinajstić information content (AvgIpc) is 3.52. The van der Waals surface area contributed by atoms with E-state index in [1.807, 2.05) is 47.5 Å². The first-order valence-electron chi connectivity index (χ1n) is 10.7. The van der Waals surface area contributed by atoms with Gasteiger partial charge in [0.25, 0.3) is 0 Å². The van der Waals surface area contributed by atoms with Crippen LogP contribution in [-0.4, -0.2) is 67.1 Å². The highest BCUT2D eigenvalue weighted by Gasteiger charge is 2.23. The van der Waals surface area contributed by atoms with Crippen molar-refractivity contribution in [3.05, 3.63) is 70.7 Å². The molecule has 9 heteroatoms. The molecule has 1 atom stereocenters. The molecule has 4 rings (SSSR count). The van der Waals surface area contributed by atoms with Gasteiger partial charge in [-0.1, -0.05) is 24.3 Å². The Kier molecular flexibility index (Phi) is 9.97. The topological polar surface area (TPSA) is 66.7 Å². The molecule has 0 saturated carbocycles. The van der Waals surface area contributed by atoms with Crippen LogP contribution in [0.15, 0.2) is 65.2 Å². The molecule has 0 bridgehead atoms. The van der Waals surface area contributed by atoms with Crippen LogP contribution < -0.4 is 10.6 Å². The molecule has 7 nitrogen and oxygen atoms in total. The Morgan fingerprint density at radius 1 is 1.16 bits per heavy atom. The highest BCUT2D eigenvalue weighted by Crippen LogP contribution is 2.25. The van der Waals surface area contributed by atoms with Crippen LogP contribution in [0.5, 0.6) is 0 Å². The third-order valence-electron chi connectivity index (χ3n) is 5.41. The van der Waals surface area contributed by atoms with Crippen molar-refractivity contribution in [3.8, 4) is 5.69 Å². The van der Waals surface area contributed by atoms with Gasteiger partial charge in [-0.05, 0) is 35.6 Å². The van der Waals surface area contributed by atoms with Crippen molar-refractivity contribution < 1.29 is 4.74 Å². The molecular formula is C23H31IN6OS. The van der Waals surface area contributed by atoms with Gasteiger partial charge in [-0.25, -0.2) is 4.68 Å². The van der Waals surface area contributed by atoms with Crippen LogP contribution in [0, 0.1) is 0 Å². The highest BCUT2D eigenvalue weighted by molar-refractivity contribution is 14.0. The second kappa shape index (κ2) is 12.9. The Labute approximate surface area is 210 Å². The first-order valence-corrected chi connectivity index (χ1v) is 11.6. The van der Waals surface area contributed by atoms with Crippen LogP contribution in [0.25, 0.3) is 5.69 Å². The first kappa shape index (κ1) is 24.7.